The zero-order chi connectivity index (χ0) is 22.0. The molecule has 31 heavy (non-hydrogen) atoms. The molecule has 4 rings (SSSR count). The van der Waals surface area contributed by atoms with Crippen molar-refractivity contribution in [2.45, 2.75) is 6.42 Å². The maximum atomic E-state index is 12.5. The first kappa shape index (κ1) is 21.7. The second kappa shape index (κ2) is 9.30. The van der Waals surface area contributed by atoms with E-state index < -0.39 is 11.9 Å². The van der Waals surface area contributed by atoms with E-state index in [2.05, 4.69) is 20.9 Å². The number of ketones is 1. The van der Waals surface area contributed by atoms with Crippen LogP contribution >= 0.6 is 38.9 Å². The van der Waals surface area contributed by atoms with E-state index in [1.54, 1.807) is 36.4 Å². The molecule has 158 valence electrons. The van der Waals surface area contributed by atoms with Crippen molar-refractivity contribution in [2.24, 2.45) is 5.92 Å². The third-order valence-corrected chi connectivity index (χ3v) is 6.48. The predicted molar refractivity (Wildman–Crippen MR) is 122 cm³/mol. The number of carbonyl (C=O) groups excluding carboxylic acids is 3. The summed E-state index contributed by atoms with van der Waals surface area (Å²) in [6.45, 7) is -0.180. The van der Waals surface area contributed by atoms with Gasteiger partial charge in [-0.15, -0.1) is 11.3 Å². The van der Waals surface area contributed by atoms with Crippen molar-refractivity contribution in [1.82, 2.24) is 4.98 Å². The molecular formula is C22H16BrClN2O4S. The SMILES string of the molecule is O=C(COC(=O)C1CC(=O)N(c2nc(-c3ccc(Cl)cc3)cs2)C1)c1ccc(Br)cc1. The number of rotatable bonds is 6. The van der Waals surface area contributed by atoms with Gasteiger partial charge in [-0.25, -0.2) is 4.98 Å². The summed E-state index contributed by atoms with van der Waals surface area (Å²) in [4.78, 5) is 43.1. The summed E-state index contributed by atoms with van der Waals surface area (Å²) in [7, 11) is 0. The number of carbonyl (C=O) groups is 3. The standard InChI is InChI=1S/C22H16BrClN2O4S/c23-16-5-1-14(2-6-16)19(27)11-30-21(29)15-9-20(28)26(10-15)22-25-18(12-31-22)13-3-7-17(24)8-4-13/h1-8,12,15H,9-11H2. The van der Waals surface area contributed by atoms with E-state index in [0.717, 1.165) is 15.7 Å². The predicted octanol–water partition coefficient (Wildman–Crippen LogP) is 5.01. The number of nitrogens with zero attached hydrogens (tertiary/aromatic N) is 2. The molecule has 0 aliphatic carbocycles. The van der Waals surface area contributed by atoms with Gasteiger partial charge in [-0.2, -0.15) is 0 Å². The van der Waals surface area contributed by atoms with E-state index in [9.17, 15) is 14.4 Å². The van der Waals surface area contributed by atoms with Crippen LogP contribution in [0.15, 0.2) is 58.4 Å². The van der Waals surface area contributed by atoms with E-state index in [0.29, 0.717) is 15.7 Å². The highest BCUT2D eigenvalue weighted by atomic mass is 79.9. The smallest absolute Gasteiger partial charge is 0.311 e. The van der Waals surface area contributed by atoms with Crippen molar-refractivity contribution in [3.8, 4) is 11.3 Å². The molecule has 1 atom stereocenters. The summed E-state index contributed by atoms with van der Waals surface area (Å²) >= 11 is 10.6. The zero-order valence-corrected chi connectivity index (χ0v) is 19.2. The lowest BCUT2D eigenvalue weighted by molar-refractivity contribution is -0.147. The highest BCUT2D eigenvalue weighted by Crippen LogP contribution is 2.32. The molecule has 0 bridgehead atoms. The van der Waals surface area contributed by atoms with Gasteiger partial charge in [-0.05, 0) is 24.3 Å². The van der Waals surface area contributed by atoms with Gasteiger partial charge in [0.05, 0.1) is 11.6 Å². The van der Waals surface area contributed by atoms with Crippen LogP contribution < -0.4 is 4.90 Å². The minimum absolute atomic E-state index is 0.0289. The molecule has 1 unspecified atom stereocenters. The molecular weight excluding hydrogens is 504 g/mol. The van der Waals surface area contributed by atoms with E-state index in [1.807, 2.05) is 17.5 Å². The number of esters is 1. The lowest BCUT2D eigenvalue weighted by atomic mass is 10.1. The summed E-state index contributed by atoms with van der Waals surface area (Å²) in [6.07, 6.45) is 0.0289. The van der Waals surface area contributed by atoms with Crippen LogP contribution in [0, 0.1) is 5.92 Å². The second-order valence-corrected chi connectivity index (χ2v) is 9.15. The first-order valence-electron chi connectivity index (χ1n) is 9.38. The van der Waals surface area contributed by atoms with E-state index >= 15 is 0 Å². The molecule has 6 nitrogen and oxygen atoms in total. The Labute approximate surface area is 195 Å². The minimum atomic E-state index is -0.631. The second-order valence-electron chi connectivity index (χ2n) is 6.97. The number of halogens is 2. The van der Waals surface area contributed by atoms with Gasteiger partial charge >= 0.3 is 5.97 Å². The first-order valence-corrected chi connectivity index (χ1v) is 11.4. The highest BCUT2D eigenvalue weighted by molar-refractivity contribution is 9.10. The molecule has 1 aliphatic heterocycles. The lowest BCUT2D eigenvalue weighted by Gasteiger charge is -2.12. The molecule has 9 heteroatoms. The number of anilines is 1. The van der Waals surface area contributed by atoms with Gasteiger partial charge in [0.1, 0.15) is 0 Å². The number of ether oxygens (including phenoxy) is 1. The Balaban J connectivity index is 1.36. The molecule has 1 aliphatic rings. The number of thiazole rings is 1. The van der Waals surface area contributed by atoms with Crippen LogP contribution in [0.3, 0.4) is 0 Å². The van der Waals surface area contributed by atoms with Crippen LogP contribution in [0.4, 0.5) is 5.13 Å². The Kier molecular flexibility index (Phi) is 6.50. The molecule has 1 amide bonds. The fourth-order valence-electron chi connectivity index (χ4n) is 3.17. The van der Waals surface area contributed by atoms with Crippen molar-refractivity contribution in [1.29, 1.82) is 0 Å². The van der Waals surface area contributed by atoms with E-state index in [-0.39, 0.29) is 31.3 Å². The number of hydrogen-bond acceptors (Lipinski definition) is 6. The topological polar surface area (TPSA) is 76.6 Å². The molecule has 1 saturated heterocycles. The van der Waals surface area contributed by atoms with Crippen LogP contribution in [0.2, 0.25) is 5.02 Å². The van der Waals surface area contributed by atoms with Crippen molar-refractivity contribution < 1.29 is 19.1 Å². The normalized spacial score (nSPS) is 15.9. The Bertz CT molecular complexity index is 1130. The Morgan fingerprint density at radius 3 is 2.58 bits per heavy atom. The summed E-state index contributed by atoms with van der Waals surface area (Å²) in [6, 6.07) is 14.1. The third-order valence-electron chi connectivity index (χ3n) is 4.83. The van der Waals surface area contributed by atoms with Crippen LogP contribution in [-0.2, 0) is 14.3 Å². The van der Waals surface area contributed by atoms with Crippen molar-refractivity contribution in [2.75, 3.05) is 18.1 Å². The molecule has 0 N–H and O–H groups in total. The van der Waals surface area contributed by atoms with Gasteiger partial charge in [0.25, 0.3) is 0 Å². The minimum Gasteiger partial charge on any atom is -0.457 e. The fourth-order valence-corrected chi connectivity index (χ4v) is 4.42. The molecule has 2 aromatic carbocycles. The third kappa shape index (κ3) is 5.03. The van der Waals surface area contributed by atoms with Crippen molar-refractivity contribution in [3.05, 3.63) is 69.0 Å². The Morgan fingerprint density at radius 1 is 1.16 bits per heavy atom. The van der Waals surface area contributed by atoms with E-state index in [1.165, 1.54) is 16.2 Å². The number of amides is 1. The molecule has 0 saturated carbocycles. The molecule has 0 radical (unpaired) electrons. The fraction of sp³-hybridized carbons (Fsp3) is 0.182. The van der Waals surface area contributed by atoms with Gasteiger partial charge in [0.15, 0.2) is 17.5 Å². The maximum absolute atomic E-state index is 12.5. The summed E-state index contributed by atoms with van der Waals surface area (Å²) < 4.78 is 6.04. The molecule has 0 spiro atoms. The van der Waals surface area contributed by atoms with Gasteiger partial charge in [0.2, 0.25) is 5.91 Å². The van der Waals surface area contributed by atoms with Crippen LogP contribution in [0.5, 0.6) is 0 Å². The van der Waals surface area contributed by atoms with Gasteiger partial charge < -0.3 is 4.74 Å². The molecule has 2 heterocycles. The van der Waals surface area contributed by atoms with Crippen molar-refractivity contribution >= 4 is 61.7 Å². The summed E-state index contributed by atoms with van der Waals surface area (Å²) in [5.41, 5.74) is 2.08. The van der Waals surface area contributed by atoms with Gasteiger partial charge in [-0.1, -0.05) is 51.8 Å². The average molecular weight is 520 g/mol. The molecule has 1 fully saturated rings. The number of Topliss-reactive ketones (excluding diaryl/α,β-unsaturated/α-hetero) is 1. The monoisotopic (exact) mass is 518 g/mol. The maximum Gasteiger partial charge on any atom is 0.311 e. The quantitative estimate of drug-likeness (QED) is 0.338. The lowest BCUT2D eigenvalue weighted by Crippen LogP contribution is -2.27. The van der Waals surface area contributed by atoms with Gasteiger partial charge in [0, 0.05) is 39.0 Å². The highest BCUT2D eigenvalue weighted by Gasteiger charge is 2.37. The molecule has 1 aromatic heterocycles. The largest absolute Gasteiger partial charge is 0.457 e. The number of benzene rings is 2. The average Bonchev–Trinajstić information content (AvgIpc) is 3.39. The van der Waals surface area contributed by atoms with Crippen LogP contribution in [-0.4, -0.2) is 35.8 Å². The number of aromatic nitrogens is 1. The van der Waals surface area contributed by atoms with E-state index in [4.69, 9.17) is 16.3 Å². The Hall–Kier alpha value is -2.55. The zero-order valence-electron chi connectivity index (χ0n) is 16.1. The van der Waals surface area contributed by atoms with Crippen LogP contribution in [0.1, 0.15) is 16.8 Å². The molecule has 3 aromatic rings. The first-order chi connectivity index (χ1) is 14.9. The van der Waals surface area contributed by atoms with Crippen molar-refractivity contribution in [3.63, 3.8) is 0 Å². The summed E-state index contributed by atoms with van der Waals surface area (Å²) in [5, 5.41) is 3.01. The summed E-state index contributed by atoms with van der Waals surface area (Å²) in [5.74, 6) is -1.68. The van der Waals surface area contributed by atoms with Crippen LogP contribution in [0.25, 0.3) is 11.3 Å². The Morgan fingerprint density at radius 2 is 1.87 bits per heavy atom. The number of hydrogen-bond donors (Lipinski definition) is 0. The van der Waals surface area contributed by atoms with Gasteiger partial charge in [-0.3, -0.25) is 19.3 Å².